The van der Waals surface area contributed by atoms with Crippen molar-refractivity contribution in [2.75, 3.05) is 17.6 Å². The summed E-state index contributed by atoms with van der Waals surface area (Å²) in [6, 6.07) is 2.93. The van der Waals surface area contributed by atoms with E-state index in [0.717, 1.165) is 13.0 Å². The topological polar surface area (TPSA) is 94.1 Å². The molecule has 16 heavy (non-hydrogen) atoms. The lowest BCUT2D eigenvalue weighted by Gasteiger charge is -2.07. The molecule has 1 rings (SSSR count). The number of hydrogen-bond donors (Lipinski definition) is 2. The minimum Gasteiger partial charge on any atom is -0.378 e. The Labute approximate surface area is 94.0 Å². The zero-order valence-electron chi connectivity index (χ0n) is 9.43. The fraction of sp³-hybridized carbons (Fsp3) is 0.500. The van der Waals surface area contributed by atoms with Crippen LogP contribution in [0.25, 0.3) is 0 Å². The van der Waals surface area contributed by atoms with Crippen molar-refractivity contribution in [2.45, 2.75) is 20.3 Å². The first-order valence-corrected chi connectivity index (χ1v) is 5.15. The highest BCUT2D eigenvalue weighted by molar-refractivity contribution is 5.57. The maximum absolute atomic E-state index is 10.5. The number of nitrogens with two attached hydrogens (primary N) is 1. The van der Waals surface area contributed by atoms with Crippen LogP contribution in [0.2, 0.25) is 0 Å². The van der Waals surface area contributed by atoms with Gasteiger partial charge in [0, 0.05) is 12.6 Å². The number of rotatable bonds is 5. The van der Waals surface area contributed by atoms with E-state index in [9.17, 15) is 10.1 Å². The number of pyridine rings is 1. The van der Waals surface area contributed by atoms with Crippen LogP contribution < -0.4 is 11.1 Å². The van der Waals surface area contributed by atoms with Crippen molar-refractivity contribution >= 4 is 17.3 Å². The van der Waals surface area contributed by atoms with Crippen molar-refractivity contribution in [2.24, 2.45) is 5.92 Å². The van der Waals surface area contributed by atoms with Gasteiger partial charge in [0.15, 0.2) is 0 Å². The molecule has 3 N–H and O–H groups in total. The van der Waals surface area contributed by atoms with E-state index >= 15 is 0 Å². The SMILES string of the molecule is CC(C)CCNc1ccc([N+](=O)[O-])c(N)n1. The van der Waals surface area contributed by atoms with Crippen LogP contribution in [-0.2, 0) is 0 Å². The molecule has 1 heterocycles. The summed E-state index contributed by atoms with van der Waals surface area (Å²) in [6.45, 7) is 5.03. The largest absolute Gasteiger partial charge is 0.378 e. The first kappa shape index (κ1) is 12.2. The van der Waals surface area contributed by atoms with E-state index in [2.05, 4.69) is 24.1 Å². The molecule has 1 aromatic heterocycles. The molecule has 0 spiro atoms. The van der Waals surface area contributed by atoms with Gasteiger partial charge in [0.25, 0.3) is 0 Å². The van der Waals surface area contributed by atoms with Crippen LogP contribution in [0.5, 0.6) is 0 Å². The van der Waals surface area contributed by atoms with Crippen LogP contribution in [0.3, 0.4) is 0 Å². The Morgan fingerprint density at radius 3 is 2.75 bits per heavy atom. The van der Waals surface area contributed by atoms with E-state index in [0.29, 0.717) is 11.7 Å². The molecule has 88 valence electrons. The Morgan fingerprint density at radius 1 is 1.56 bits per heavy atom. The zero-order chi connectivity index (χ0) is 12.1. The minimum atomic E-state index is -0.541. The second-order valence-electron chi connectivity index (χ2n) is 3.97. The summed E-state index contributed by atoms with van der Waals surface area (Å²) in [5.41, 5.74) is 5.30. The monoisotopic (exact) mass is 224 g/mol. The molecule has 0 saturated heterocycles. The molecule has 1 aromatic rings. The Balaban J connectivity index is 2.63. The second-order valence-corrected chi connectivity index (χ2v) is 3.97. The molecule has 0 aliphatic rings. The molecule has 0 atom stereocenters. The molecule has 0 fully saturated rings. The van der Waals surface area contributed by atoms with Gasteiger partial charge in [-0.25, -0.2) is 4.98 Å². The molecule has 0 aliphatic carbocycles. The normalized spacial score (nSPS) is 10.4. The van der Waals surface area contributed by atoms with Gasteiger partial charge in [-0.2, -0.15) is 0 Å². The highest BCUT2D eigenvalue weighted by atomic mass is 16.6. The number of aromatic nitrogens is 1. The third-order valence-electron chi connectivity index (χ3n) is 2.13. The van der Waals surface area contributed by atoms with Crippen LogP contribution in [0.15, 0.2) is 12.1 Å². The Bertz CT molecular complexity index is 379. The van der Waals surface area contributed by atoms with Gasteiger partial charge in [-0.15, -0.1) is 0 Å². The van der Waals surface area contributed by atoms with E-state index in [1.165, 1.54) is 6.07 Å². The average Bonchev–Trinajstić information content (AvgIpc) is 2.16. The first-order chi connectivity index (χ1) is 7.50. The van der Waals surface area contributed by atoms with Crippen molar-refractivity contribution in [1.29, 1.82) is 0 Å². The third kappa shape index (κ3) is 3.38. The molecule has 0 aliphatic heterocycles. The van der Waals surface area contributed by atoms with Crippen molar-refractivity contribution in [1.82, 2.24) is 4.98 Å². The fourth-order valence-electron chi connectivity index (χ4n) is 1.21. The minimum absolute atomic E-state index is 0.0560. The lowest BCUT2D eigenvalue weighted by Crippen LogP contribution is -2.07. The summed E-state index contributed by atoms with van der Waals surface area (Å²) in [4.78, 5) is 13.9. The van der Waals surface area contributed by atoms with Gasteiger partial charge in [0.2, 0.25) is 5.82 Å². The van der Waals surface area contributed by atoms with E-state index in [1.807, 2.05) is 0 Å². The predicted octanol–water partition coefficient (Wildman–Crippen LogP) is 2.03. The van der Waals surface area contributed by atoms with Crippen LogP contribution >= 0.6 is 0 Å². The standard InChI is InChI=1S/C10H16N4O2/c1-7(2)5-6-12-9-4-3-8(14(15)16)10(11)13-9/h3-4,7H,5-6H2,1-2H3,(H3,11,12,13). The number of hydrogen-bond acceptors (Lipinski definition) is 5. The van der Waals surface area contributed by atoms with Gasteiger partial charge < -0.3 is 11.1 Å². The van der Waals surface area contributed by atoms with Crippen LogP contribution in [0, 0.1) is 16.0 Å². The molecule has 0 bridgehead atoms. The van der Waals surface area contributed by atoms with E-state index in [1.54, 1.807) is 6.07 Å². The molecular formula is C10H16N4O2. The Hall–Kier alpha value is -1.85. The molecule has 0 amide bonds. The second kappa shape index (κ2) is 5.29. The fourth-order valence-corrected chi connectivity index (χ4v) is 1.21. The molecule has 0 aromatic carbocycles. The predicted molar refractivity (Wildman–Crippen MR) is 63.2 cm³/mol. The maximum atomic E-state index is 10.5. The van der Waals surface area contributed by atoms with Crippen LogP contribution in [-0.4, -0.2) is 16.5 Å². The van der Waals surface area contributed by atoms with Gasteiger partial charge >= 0.3 is 5.69 Å². The van der Waals surface area contributed by atoms with Gasteiger partial charge in [-0.3, -0.25) is 10.1 Å². The van der Waals surface area contributed by atoms with Crippen LogP contribution in [0.4, 0.5) is 17.3 Å². The lowest BCUT2D eigenvalue weighted by atomic mass is 10.1. The summed E-state index contributed by atoms with van der Waals surface area (Å²) in [6.07, 6.45) is 1.01. The van der Waals surface area contributed by atoms with Gasteiger partial charge in [0.05, 0.1) is 4.92 Å². The Morgan fingerprint density at radius 2 is 2.25 bits per heavy atom. The smallest absolute Gasteiger partial charge is 0.311 e. The van der Waals surface area contributed by atoms with Crippen molar-refractivity contribution in [3.05, 3.63) is 22.2 Å². The molecule has 6 heteroatoms. The van der Waals surface area contributed by atoms with Crippen molar-refractivity contribution in [3.63, 3.8) is 0 Å². The summed E-state index contributed by atoms with van der Waals surface area (Å²) in [7, 11) is 0. The molecule has 0 radical (unpaired) electrons. The number of nitrogens with zero attached hydrogens (tertiary/aromatic N) is 2. The number of anilines is 2. The quantitative estimate of drug-likeness (QED) is 0.589. The summed E-state index contributed by atoms with van der Waals surface area (Å²) >= 11 is 0. The van der Waals surface area contributed by atoms with Crippen molar-refractivity contribution < 1.29 is 4.92 Å². The summed E-state index contributed by atoms with van der Waals surface area (Å²) in [5, 5.41) is 13.6. The van der Waals surface area contributed by atoms with E-state index in [-0.39, 0.29) is 11.5 Å². The Kier molecular flexibility index (Phi) is 4.04. The van der Waals surface area contributed by atoms with Gasteiger partial charge in [-0.05, 0) is 18.4 Å². The number of nitrogen functional groups attached to an aromatic ring is 1. The van der Waals surface area contributed by atoms with Crippen LogP contribution in [0.1, 0.15) is 20.3 Å². The first-order valence-electron chi connectivity index (χ1n) is 5.15. The molecule has 0 unspecified atom stereocenters. The number of nitro groups is 1. The number of nitrogens with one attached hydrogen (secondary N) is 1. The van der Waals surface area contributed by atoms with E-state index in [4.69, 9.17) is 5.73 Å². The zero-order valence-corrected chi connectivity index (χ0v) is 9.43. The van der Waals surface area contributed by atoms with Crippen molar-refractivity contribution in [3.8, 4) is 0 Å². The third-order valence-corrected chi connectivity index (χ3v) is 2.13. The molecular weight excluding hydrogens is 208 g/mol. The van der Waals surface area contributed by atoms with Gasteiger partial charge in [-0.1, -0.05) is 13.8 Å². The van der Waals surface area contributed by atoms with E-state index < -0.39 is 4.92 Å². The summed E-state index contributed by atoms with van der Waals surface area (Å²) in [5.74, 6) is 1.12. The molecule has 0 saturated carbocycles. The molecule has 6 nitrogen and oxygen atoms in total. The maximum Gasteiger partial charge on any atom is 0.311 e. The van der Waals surface area contributed by atoms with Gasteiger partial charge in [0.1, 0.15) is 5.82 Å². The lowest BCUT2D eigenvalue weighted by molar-refractivity contribution is -0.384. The highest BCUT2D eigenvalue weighted by Crippen LogP contribution is 2.20. The summed E-state index contributed by atoms with van der Waals surface area (Å²) < 4.78 is 0. The highest BCUT2D eigenvalue weighted by Gasteiger charge is 2.12. The average molecular weight is 224 g/mol.